The molecule has 54 valence electrons. The van der Waals surface area contributed by atoms with Crippen LogP contribution in [-0.2, 0) is 0 Å². The molecule has 1 heteroatoms. The molecule has 0 N–H and O–H groups in total. The van der Waals surface area contributed by atoms with E-state index in [1.807, 2.05) is 25.2 Å². The van der Waals surface area contributed by atoms with Gasteiger partial charge in [-0.3, -0.25) is 0 Å². The van der Waals surface area contributed by atoms with E-state index in [1.54, 1.807) is 6.08 Å². The Bertz CT molecular complexity index is 193. The zero-order chi connectivity index (χ0) is 7.40. The van der Waals surface area contributed by atoms with E-state index in [4.69, 9.17) is 0 Å². The van der Waals surface area contributed by atoms with Gasteiger partial charge in [-0.2, -0.15) is 0 Å². The Balaban J connectivity index is 2.79. The summed E-state index contributed by atoms with van der Waals surface area (Å²) in [4.78, 5) is 0. The maximum Gasteiger partial charge on any atom is 0.107 e. The van der Waals surface area contributed by atoms with E-state index in [0.29, 0.717) is 6.42 Å². The van der Waals surface area contributed by atoms with Crippen molar-refractivity contribution in [2.75, 3.05) is 0 Å². The van der Waals surface area contributed by atoms with E-state index in [0.717, 1.165) is 12.0 Å². The molecule has 1 aliphatic carbocycles. The van der Waals surface area contributed by atoms with Gasteiger partial charge in [-0.25, -0.2) is 4.39 Å². The van der Waals surface area contributed by atoms with E-state index >= 15 is 0 Å². The first-order valence-corrected chi connectivity index (χ1v) is 3.52. The van der Waals surface area contributed by atoms with Gasteiger partial charge in [-0.15, -0.1) is 0 Å². The second-order valence-corrected chi connectivity index (χ2v) is 2.30. The zero-order valence-corrected chi connectivity index (χ0v) is 6.10. The van der Waals surface area contributed by atoms with Gasteiger partial charge in [0.25, 0.3) is 0 Å². The summed E-state index contributed by atoms with van der Waals surface area (Å²) in [6.07, 6.45) is 8.88. The Morgan fingerprint density at radius 2 is 2.40 bits per heavy atom. The summed E-state index contributed by atoms with van der Waals surface area (Å²) in [6, 6.07) is 0. The highest BCUT2D eigenvalue weighted by atomic mass is 19.1. The van der Waals surface area contributed by atoms with Crippen LogP contribution in [0, 0.1) is 0 Å². The van der Waals surface area contributed by atoms with Crippen molar-refractivity contribution in [1.82, 2.24) is 0 Å². The topological polar surface area (TPSA) is 0 Å². The Morgan fingerprint density at radius 3 is 3.00 bits per heavy atom. The molecule has 0 nitrogen and oxygen atoms in total. The van der Waals surface area contributed by atoms with Crippen molar-refractivity contribution >= 4 is 0 Å². The average Bonchev–Trinajstić information content (AvgIpc) is 1.94. The molecular formula is C9H11F. The summed E-state index contributed by atoms with van der Waals surface area (Å²) >= 11 is 0. The molecule has 0 atom stereocenters. The van der Waals surface area contributed by atoms with Crippen molar-refractivity contribution in [1.29, 1.82) is 0 Å². The second-order valence-electron chi connectivity index (χ2n) is 2.30. The van der Waals surface area contributed by atoms with Crippen LogP contribution in [0.1, 0.15) is 19.8 Å². The maximum atomic E-state index is 12.8. The number of hydrogen-bond donors (Lipinski definition) is 0. The van der Waals surface area contributed by atoms with Crippen LogP contribution in [0.4, 0.5) is 4.39 Å². The first kappa shape index (κ1) is 7.26. The molecule has 0 aromatic heterocycles. The summed E-state index contributed by atoms with van der Waals surface area (Å²) in [5, 5.41) is 0. The Kier molecular flexibility index (Phi) is 2.43. The highest BCUT2D eigenvalue weighted by Crippen LogP contribution is 2.20. The molecule has 0 amide bonds. The predicted octanol–water partition coefficient (Wildman–Crippen LogP) is 3.14. The highest BCUT2D eigenvalue weighted by molar-refractivity contribution is 5.35. The van der Waals surface area contributed by atoms with Crippen LogP contribution >= 0.6 is 0 Å². The maximum absolute atomic E-state index is 12.8. The molecule has 0 bridgehead atoms. The van der Waals surface area contributed by atoms with E-state index in [9.17, 15) is 4.39 Å². The lowest BCUT2D eigenvalue weighted by Crippen LogP contribution is -1.86. The van der Waals surface area contributed by atoms with Crippen LogP contribution in [0.5, 0.6) is 0 Å². The van der Waals surface area contributed by atoms with Gasteiger partial charge in [0.05, 0.1) is 0 Å². The summed E-state index contributed by atoms with van der Waals surface area (Å²) < 4.78 is 12.8. The van der Waals surface area contributed by atoms with Crippen molar-refractivity contribution in [2.45, 2.75) is 19.8 Å². The van der Waals surface area contributed by atoms with Crippen molar-refractivity contribution in [2.24, 2.45) is 0 Å². The first-order chi connectivity index (χ1) is 4.84. The summed E-state index contributed by atoms with van der Waals surface area (Å²) in [5.41, 5.74) is 0.730. The van der Waals surface area contributed by atoms with Gasteiger partial charge in [0, 0.05) is 12.0 Å². The normalized spacial score (nSPS) is 19.0. The molecule has 1 aliphatic rings. The molecule has 0 aromatic carbocycles. The van der Waals surface area contributed by atoms with Crippen LogP contribution in [-0.4, -0.2) is 0 Å². The van der Waals surface area contributed by atoms with Crippen LogP contribution in [0.2, 0.25) is 0 Å². The Labute approximate surface area is 60.7 Å². The highest BCUT2D eigenvalue weighted by Gasteiger charge is 2.03. The van der Waals surface area contributed by atoms with Crippen molar-refractivity contribution in [3.63, 3.8) is 0 Å². The molecule has 0 radical (unpaired) electrons. The quantitative estimate of drug-likeness (QED) is 0.522. The van der Waals surface area contributed by atoms with E-state index in [-0.39, 0.29) is 5.83 Å². The number of hydrogen-bond acceptors (Lipinski definition) is 0. The molecule has 0 heterocycles. The van der Waals surface area contributed by atoms with Gasteiger partial charge < -0.3 is 0 Å². The van der Waals surface area contributed by atoms with Gasteiger partial charge >= 0.3 is 0 Å². The Hall–Kier alpha value is -0.850. The summed E-state index contributed by atoms with van der Waals surface area (Å²) in [7, 11) is 0. The molecular weight excluding hydrogens is 127 g/mol. The van der Waals surface area contributed by atoms with Gasteiger partial charge in [-0.05, 0) is 13.3 Å². The average molecular weight is 138 g/mol. The molecule has 0 aliphatic heterocycles. The van der Waals surface area contributed by atoms with Gasteiger partial charge in [0.15, 0.2) is 0 Å². The van der Waals surface area contributed by atoms with Crippen LogP contribution in [0.15, 0.2) is 35.7 Å². The van der Waals surface area contributed by atoms with Crippen molar-refractivity contribution in [3.05, 3.63) is 35.7 Å². The van der Waals surface area contributed by atoms with Crippen LogP contribution < -0.4 is 0 Å². The molecule has 0 fully saturated rings. The third-order valence-corrected chi connectivity index (χ3v) is 1.49. The first-order valence-electron chi connectivity index (χ1n) is 3.52. The van der Waals surface area contributed by atoms with Gasteiger partial charge in [-0.1, -0.05) is 24.3 Å². The minimum absolute atomic E-state index is 0.0144. The number of allylic oxidation sites excluding steroid dienone is 6. The third kappa shape index (κ3) is 1.56. The molecule has 0 aromatic rings. The molecule has 0 saturated heterocycles. The zero-order valence-electron chi connectivity index (χ0n) is 6.10. The lowest BCUT2D eigenvalue weighted by atomic mass is 10.1. The third-order valence-electron chi connectivity index (χ3n) is 1.49. The molecule has 0 spiro atoms. The van der Waals surface area contributed by atoms with E-state index in [2.05, 4.69) is 0 Å². The lowest BCUT2D eigenvalue weighted by molar-refractivity contribution is 0.581. The molecule has 0 saturated carbocycles. The fourth-order valence-corrected chi connectivity index (χ4v) is 0.981. The van der Waals surface area contributed by atoms with Crippen LogP contribution in [0.3, 0.4) is 0 Å². The Morgan fingerprint density at radius 1 is 1.60 bits per heavy atom. The number of rotatable bonds is 1. The molecule has 10 heavy (non-hydrogen) atoms. The lowest BCUT2D eigenvalue weighted by Gasteiger charge is -2.03. The predicted molar refractivity (Wildman–Crippen MR) is 41.3 cm³/mol. The minimum atomic E-state index is 0.0144. The fourth-order valence-electron chi connectivity index (χ4n) is 0.981. The van der Waals surface area contributed by atoms with E-state index in [1.165, 1.54) is 0 Å². The SMILES string of the molecule is C/C=C/C1=C(F)CCC=C1. The van der Waals surface area contributed by atoms with Crippen molar-refractivity contribution < 1.29 is 4.39 Å². The summed E-state index contributed by atoms with van der Waals surface area (Å²) in [5.74, 6) is 0.0144. The minimum Gasteiger partial charge on any atom is -0.211 e. The summed E-state index contributed by atoms with van der Waals surface area (Å²) in [6.45, 7) is 1.89. The van der Waals surface area contributed by atoms with Gasteiger partial charge in [0.2, 0.25) is 0 Å². The van der Waals surface area contributed by atoms with E-state index < -0.39 is 0 Å². The fraction of sp³-hybridized carbons (Fsp3) is 0.333. The van der Waals surface area contributed by atoms with Crippen molar-refractivity contribution in [3.8, 4) is 0 Å². The molecule has 0 unspecified atom stereocenters. The largest absolute Gasteiger partial charge is 0.211 e. The second kappa shape index (κ2) is 3.35. The monoisotopic (exact) mass is 138 g/mol. The van der Waals surface area contributed by atoms with Gasteiger partial charge in [0.1, 0.15) is 5.83 Å². The number of halogens is 1. The van der Waals surface area contributed by atoms with Crippen LogP contribution in [0.25, 0.3) is 0 Å². The standard InChI is InChI=1S/C9H11F/c1-2-5-8-6-3-4-7-9(8)10/h2-3,5-6H,4,7H2,1H3/b5-2+. The molecule has 1 rings (SSSR count). The smallest absolute Gasteiger partial charge is 0.107 e.